The van der Waals surface area contributed by atoms with Gasteiger partial charge in [-0.25, -0.2) is 4.98 Å². The van der Waals surface area contributed by atoms with Crippen molar-refractivity contribution < 1.29 is 14.3 Å². The second-order valence-corrected chi connectivity index (χ2v) is 7.43. The van der Waals surface area contributed by atoms with E-state index in [0.29, 0.717) is 28.3 Å². The number of nitrogens with one attached hydrogen (secondary N) is 1. The van der Waals surface area contributed by atoms with Gasteiger partial charge in [0.1, 0.15) is 11.3 Å². The van der Waals surface area contributed by atoms with Gasteiger partial charge in [-0.15, -0.1) is 0 Å². The Hall–Kier alpha value is -2.87. The fourth-order valence-electron chi connectivity index (χ4n) is 2.75. The highest BCUT2D eigenvalue weighted by molar-refractivity contribution is 14.1. The van der Waals surface area contributed by atoms with Crippen molar-refractivity contribution in [3.63, 3.8) is 0 Å². The molecule has 1 aromatic heterocycles. The van der Waals surface area contributed by atoms with E-state index in [9.17, 15) is 9.90 Å². The number of fused-ring (bicyclic) bond motifs is 1. The SMILES string of the molecule is Cc1ccc2oc(-c3ccc(NC(=O)c4ccc(I)cc4)cc3O)nc2c1. The lowest BCUT2D eigenvalue weighted by Crippen LogP contribution is -2.11. The number of rotatable bonds is 3. The van der Waals surface area contributed by atoms with Crippen molar-refractivity contribution in [2.75, 3.05) is 5.32 Å². The molecule has 0 aliphatic rings. The Morgan fingerprint density at radius 2 is 1.85 bits per heavy atom. The van der Waals surface area contributed by atoms with E-state index in [0.717, 1.165) is 14.7 Å². The first-order valence-corrected chi connectivity index (χ1v) is 9.35. The highest BCUT2D eigenvalue weighted by Crippen LogP contribution is 2.33. The molecule has 0 fully saturated rings. The number of hydrogen-bond donors (Lipinski definition) is 2. The molecule has 5 nitrogen and oxygen atoms in total. The third kappa shape index (κ3) is 3.66. The van der Waals surface area contributed by atoms with Gasteiger partial charge in [-0.2, -0.15) is 0 Å². The minimum absolute atomic E-state index is 0.0151. The van der Waals surface area contributed by atoms with Crippen LogP contribution >= 0.6 is 22.6 Å². The Bertz CT molecular complexity index is 1150. The van der Waals surface area contributed by atoms with Crippen molar-refractivity contribution in [2.24, 2.45) is 0 Å². The van der Waals surface area contributed by atoms with Crippen molar-refractivity contribution in [1.82, 2.24) is 4.98 Å². The number of benzene rings is 3. The van der Waals surface area contributed by atoms with Crippen molar-refractivity contribution in [2.45, 2.75) is 6.92 Å². The second kappa shape index (κ2) is 7.03. The Morgan fingerprint density at radius 1 is 1.07 bits per heavy atom. The molecule has 6 heteroatoms. The number of carbonyl (C=O) groups is 1. The number of carbonyl (C=O) groups excluding carboxylic acids is 1. The minimum Gasteiger partial charge on any atom is -0.507 e. The van der Waals surface area contributed by atoms with E-state index in [1.165, 1.54) is 6.07 Å². The Balaban J connectivity index is 1.60. The van der Waals surface area contributed by atoms with E-state index >= 15 is 0 Å². The van der Waals surface area contributed by atoms with E-state index < -0.39 is 0 Å². The summed E-state index contributed by atoms with van der Waals surface area (Å²) in [4.78, 5) is 16.8. The third-order valence-corrected chi connectivity index (χ3v) is 4.85. The maximum absolute atomic E-state index is 12.3. The Kier molecular flexibility index (Phi) is 4.57. The number of nitrogens with zero attached hydrogens (tertiary/aromatic N) is 1. The Morgan fingerprint density at radius 3 is 2.59 bits per heavy atom. The monoisotopic (exact) mass is 470 g/mol. The molecule has 0 saturated heterocycles. The zero-order chi connectivity index (χ0) is 19.0. The van der Waals surface area contributed by atoms with Gasteiger partial charge in [-0.1, -0.05) is 6.07 Å². The smallest absolute Gasteiger partial charge is 0.255 e. The molecule has 0 atom stereocenters. The molecule has 1 amide bonds. The number of amides is 1. The average Bonchev–Trinajstić information content (AvgIpc) is 3.05. The summed E-state index contributed by atoms with van der Waals surface area (Å²) in [7, 11) is 0. The van der Waals surface area contributed by atoms with Crippen LogP contribution in [-0.4, -0.2) is 16.0 Å². The quantitative estimate of drug-likeness (QED) is 0.395. The van der Waals surface area contributed by atoms with Crippen molar-refractivity contribution in [1.29, 1.82) is 0 Å². The molecule has 4 aromatic rings. The van der Waals surface area contributed by atoms with E-state index in [-0.39, 0.29) is 11.7 Å². The fourth-order valence-corrected chi connectivity index (χ4v) is 3.11. The largest absolute Gasteiger partial charge is 0.507 e. The van der Waals surface area contributed by atoms with Gasteiger partial charge >= 0.3 is 0 Å². The second-order valence-electron chi connectivity index (χ2n) is 6.18. The fraction of sp³-hybridized carbons (Fsp3) is 0.0476. The van der Waals surface area contributed by atoms with Gasteiger partial charge in [-0.05, 0) is 83.6 Å². The summed E-state index contributed by atoms with van der Waals surface area (Å²) in [6, 6.07) is 17.8. The highest BCUT2D eigenvalue weighted by Gasteiger charge is 2.14. The lowest BCUT2D eigenvalue weighted by atomic mass is 10.1. The molecule has 0 radical (unpaired) electrons. The summed E-state index contributed by atoms with van der Waals surface area (Å²) in [5, 5.41) is 13.2. The molecule has 27 heavy (non-hydrogen) atoms. The molecule has 0 unspecified atom stereocenters. The zero-order valence-electron chi connectivity index (χ0n) is 14.4. The van der Waals surface area contributed by atoms with Crippen LogP contribution in [0.1, 0.15) is 15.9 Å². The van der Waals surface area contributed by atoms with Crippen LogP contribution in [-0.2, 0) is 0 Å². The van der Waals surface area contributed by atoms with E-state index in [4.69, 9.17) is 4.42 Å². The molecular formula is C21H15IN2O3. The van der Waals surface area contributed by atoms with Gasteiger partial charge in [0.25, 0.3) is 5.91 Å². The highest BCUT2D eigenvalue weighted by atomic mass is 127. The van der Waals surface area contributed by atoms with Crippen LogP contribution in [0.4, 0.5) is 5.69 Å². The van der Waals surface area contributed by atoms with Crippen LogP contribution in [0, 0.1) is 10.5 Å². The van der Waals surface area contributed by atoms with Crippen LogP contribution in [0.15, 0.2) is 65.1 Å². The van der Waals surface area contributed by atoms with Crippen LogP contribution < -0.4 is 5.32 Å². The number of anilines is 1. The van der Waals surface area contributed by atoms with E-state index in [1.807, 2.05) is 37.3 Å². The number of aromatic hydroxyl groups is 1. The van der Waals surface area contributed by atoms with E-state index in [2.05, 4.69) is 32.9 Å². The first-order valence-electron chi connectivity index (χ1n) is 8.27. The van der Waals surface area contributed by atoms with Crippen LogP contribution in [0.2, 0.25) is 0 Å². The summed E-state index contributed by atoms with van der Waals surface area (Å²) >= 11 is 2.18. The van der Waals surface area contributed by atoms with Gasteiger partial charge in [0.05, 0.1) is 5.56 Å². The predicted octanol–water partition coefficient (Wildman–Crippen LogP) is 5.37. The van der Waals surface area contributed by atoms with Crippen molar-refractivity contribution in [3.05, 3.63) is 75.4 Å². The predicted molar refractivity (Wildman–Crippen MR) is 113 cm³/mol. The molecule has 0 aliphatic heterocycles. The molecule has 2 N–H and O–H groups in total. The van der Waals surface area contributed by atoms with E-state index in [1.54, 1.807) is 24.3 Å². The standard InChI is InChI=1S/C21H15IN2O3/c1-12-2-9-19-17(10-12)24-21(27-19)16-8-7-15(11-18(16)25)23-20(26)13-3-5-14(22)6-4-13/h2-11,25H,1H3,(H,23,26). The summed E-state index contributed by atoms with van der Waals surface area (Å²) in [6.45, 7) is 1.98. The number of aryl methyl sites for hydroxylation is 1. The van der Waals surface area contributed by atoms with Crippen molar-refractivity contribution >= 4 is 45.3 Å². The summed E-state index contributed by atoms with van der Waals surface area (Å²) in [5.74, 6) is 0.0817. The van der Waals surface area contributed by atoms with Gasteiger partial charge < -0.3 is 14.8 Å². The summed E-state index contributed by atoms with van der Waals surface area (Å²) < 4.78 is 6.79. The normalized spacial score (nSPS) is 10.9. The maximum Gasteiger partial charge on any atom is 0.255 e. The molecule has 4 rings (SSSR count). The number of phenols is 1. The zero-order valence-corrected chi connectivity index (χ0v) is 16.5. The molecule has 1 heterocycles. The summed E-state index contributed by atoms with van der Waals surface area (Å²) in [5.41, 5.74) is 3.99. The molecule has 0 bridgehead atoms. The molecular weight excluding hydrogens is 455 g/mol. The minimum atomic E-state index is -0.240. The van der Waals surface area contributed by atoms with Gasteiger partial charge in [0, 0.05) is 20.9 Å². The lowest BCUT2D eigenvalue weighted by molar-refractivity contribution is 0.102. The molecule has 0 aliphatic carbocycles. The van der Waals surface area contributed by atoms with Crippen molar-refractivity contribution in [3.8, 4) is 17.2 Å². The molecule has 134 valence electrons. The third-order valence-electron chi connectivity index (χ3n) is 4.14. The van der Waals surface area contributed by atoms with Gasteiger partial charge in [0.15, 0.2) is 5.58 Å². The molecule has 0 saturated carbocycles. The Labute approximate surface area is 169 Å². The number of aromatic nitrogens is 1. The van der Waals surface area contributed by atoms with Crippen LogP contribution in [0.3, 0.4) is 0 Å². The number of hydrogen-bond acceptors (Lipinski definition) is 4. The van der Waals surface area contributed by atoms with Gasteiger partial charge in [-0.3, -0.25) is 4.79 Å². The van der Waals surface area contributed by atoms with Gasteiger partial charge in [0.2, 0.25) is 5.89 Å². The molecule has 0 spiro atoms. The van der Waals surface area contributed by atoms with Crippen LogP contribution in [0.5, 0.6) is 5.75 Å². The molecule has 3 aromatic carbocycles. The number of halogens is 1. The first kappa shape index (κ1) is 17.5. The average molecular weight is 470 g/mol. The number of phenolic OH excluding ortho intramolecular Hbond substituents is 1. The topological polar surface area (TPSA) is 75.4 Å². The van der Waals surface area contributed by atoms with Crippen LogP contribution in [0.25, 0.3) is 22.6 Å². The maximum atomic E-state index is 12.3. The summed E-state index contributed by atoms with van der Waals surface area (Å²) in [6.07, 6.45) is 0. The first-order chi connectivity index (χ1) is 13.0. The number of oxazole rings is 1. The lowest BCUT2D eigenvalue weighted by Gasteiger charge is -2.07.